The minimum absolute atomic E-state index is 0.733. The predicted molar refractivity (Wildman–Crippen MR) is 108 cm³/mol. The van der Waals surface area contributed by atoms with Crippen LogP contribution in [0, 0.1) is 0 Å². The van der Waals surface area contributed by atoms with Crippen LogP contribution in [-0.2, 0) is 0 Å². The van der Waals surface area contributed by atoms with Crippen LogP contribution in [0.4, 0.5) is 0 Å². The predicted octanol–water partition coefficient (Wildman–Crippen LogP) is 8.09. The van der Waals surface area contributed by atoms with Crippen LogP contribution in [0.3, 0.4) is 0 Å². The summed E-state index contributed by atoms with van der Waals surface area (Å²) in [5.41, 5.74) is 3.88. The second-order valence-corrected chi connectivity index (χ2v) is 6.87. The zero-order chi connectivity index (χ0) is 17.1. The molecule has 0 spiro atoms. The number of furan rings is 1. The molecule has 1 heterocycles. The van der Waals surface area contributed by atoms with Crippen molar-refractivity contribution >= 4 is 49.5 Å². The van der Waals surface area contributed by atoms with Gasteiger partial charge in [-0.05, 0) is 35.9 Å². The molecule has 0 N–H and O–H groups in total. The maximum Gasteiger partial charge on any atom is 0.135 e. The summed E-state index contributed by atoms with van der Waals surface area (Å²) < 4.78 is 6.85. The third-order valence-corrected chi connectivity index (χ3v) is 4.60. The van der Waals surface area contributed by atoms with Crippen molar-refractivity contribution < 1.29 is 4.42 Å². The van der Waals surface area contributed by atoms with Gasteiger partial charge in [-0.1, -0.05) is 78.1 Å². The molecule has 0 aliphatic heterocycles. The van der Waals surface area contributed by atoms with E-state index in [2.05, 4.69) is 41.9 Å². The zero-order valence-electron chi connectivity index (χ0n) is 13.6. The van der Waals surface area contributed by atoms with E-state index in [1.807, 2.05) is 48.5 Å². The van der Waals surface area contributed by atoms with Gasteiger partial charge in [0.05, 0.1) is 0 Å². The smallest absolute Gasteiger partial charge is 0.135 e. The van der Waals surface area contributed by atoms with E-state index in [4.69, 9.17) is 16.0 Å². The number of benzene rings is 3. The summed E-state index contributed by atoms with van der Waals surface area (Å²) in [4.78, 5) is 0. The second kappa shape index (κ2) is 7.42. The molecule has 1 nitrogen and oxygen atoms in total. The van der Waals surface area contributed by atoms with Crippen LogP contribution < -0.4 is 0 Å². The highest BCUT2D eigenvalue weighted by molar-refractivity contribution is 9.10. The first-order valence-corrected chi connectivity index (χ1v) is 9.18. The lowest BCUT2D eigenvalue weighted by Crippen LogP contribution is -1.81. The first-order chi connectivity index (χ1) is 11.7. The Kier molecular flexibility index (Phi) is 5.27. The SMILES string of the molecule is CCC.Clc1cccc(Br)c1-c1ccc2oc3ccccc3c2c1. The average Bonchev–Trinajstić information content (AvgIpc) is 2.93. The standard InChI is InChI=1S/C18H10BrClO.C3H8/c19-14-5-3-6-15(20)18(14)11-8-9-17-13(10-11)12-4-1-2-7-16(12)21-17;1-3-2/h1-10H;3H2,1-2H3. The van der Waals surface area contributed by atoms with Gasteiger partial charge in [-0.3, -0.25) is 0 Å². The highest BCUT2D eigenvalue weighted by Crippen LogP contribution is 2.38. The van der Waals surface area contributed by atoms with Crippen LogP contribution >= 0.6 is 27.5 Å². The fourth-order valence-corrected chi connectivity index (χ4v) is 3.65. The molecule has 0 bridgehead atoms. The molecule has 3 heteroatoms. The van der Waals surface area contributed by atoms with Crippen molar-refractivity contribution in [3.63, 3.8) is 0 Å². The molecule has 0 radical (unpaired) electrons. The zero-order valence-corrected chi connectivity index (χ0v) is 16.0. The van der Waals surface area contributed by atoms with Gasteiger partial charge >= 0.3 is 0 Å². The van der Waals surface area contributed by atoms with Gasteiger partial charge in [-0.2, -0.15) is 0 Å². The summed E-state index contributed by atoms with van der Waals surface area (Å²) in [7, 11) is 0. The first-order valence-electron chi connectivity index (χ1n) is 8.01. The summed E-state index contributed by atoms with van der Waals surface area (Å²) in [6.45, 7) is 4.25. The van der Waals surface area contributed by atoms with Gasteiger partial charge in [0.25, 0.3) is 0 Å². The Hall–Kier alpha value is -1.77. The topological polar surface area (TPSA) is 13.1 Å². The Morgan fingerprint density at radius 3 is 2.33 bits per heavy atom. The van der Waals surface area contributed by atoms with E-state index in [1.54, 1.807) is 0 Å². The Morgan fingerprint density at radius 2 is 1.58 bits per heavy atom. The van der Waals surface area contributed by atoms with E-state index in [0.29, 0.717) is 0 Å². The van der Waals surface area contributed by atoms with E-state index in [0.717, 1.165) is 42.6 Å². The Balaban J connectivity index is 0.000000526. The van der Waals surface area contributed by atoms with E-state index in [9.17, 15) is 0 Å². The van der Waals surface area contributed by atoms with Crippen molar-refractivity contribution in [2.24, 2.45) is 0 Å². The molecule has 1 aromatic heterocycles. The molecule has 0 amide bonds. The van der Waals surface area contributed by atoms with Crippen molar-refractivity contribution in [2.45, 2.75) is 20.3 Å². The van der Waals surface area contributed by atoms with Crippen LogP contribution in [0.5, 0.6) is 0 Å². The molecule has 3 aromatic carbocycles. The molecule has 0 saturated heterocycles. The van der Waals surface area contributed by atoms with E-state index >= 15 is 0 Å². The maximum atomic E-state index is 6.35. The molecule has 0 unspecified atom stereocenters. The highest BCUT2D eigenvalue weighted by Gasteiger charge is 2.11. The fourth-order valence-electron chi connectivity index (χ4n) is 2.66. The fraction of sp³-hybridized carbons (Fsp3) is 0.143. The second-order valence-electron chi connectivity index (χ2n) is 5.61. The van der Waals surface area contributed by atoms with Crippen molar-refractivity contribution in [1.82, 2.24) is 0 Å². The number of rotatable bonds is 1. The molecular weight excluding hydrogens is 384 g/mol. The lowest BCUT2D eigenvalue weighted by atomic mass is 10.0. The van der Waals surface area contributed by atoms with Gasteiger partial charge in [0.2, 0.25) is 0 Å². The van der Waals surface area contributed by atoms with E-state index in [1.165, 1.54) is 6.42 Å². The quantitative estimate of drug-likeness (QED) is 0.314. The van der Waals surface area contributed by atoms with Crippen molar-refractivity contribution in [1.29, 1.82) is 0 Å². The van der Waals surface area contributed by atoms with Crippen molar-refractivity contribution in [3.8, 4) is 11.1 Å². The number of hydrogen-bond donors (Lipinski definition) is 0. The van der Waals surface area contributed by atoms with Gasteiger partial charge in [-0.25, -0.2) is 0 Å². The lowest BCUT2D eigenvalue weighted by Gasteiger charge is -2.07. The molecule has 0 aliphatic rings. The summed E-state index contributed by atoms with van der Waals surface area (Å²) in [6, 6.07) is 20.1. The molecule has 24 heavy (non-hydrogen) atoms. The van der Waals surface area contributed by atoms with Gasteiger partial charge in [0, 0.05) is 25.8 Å². The average molecular weight is 402 g/mol. The maximum absolute atomic E-state index is 6.35. The van der Waals surface area contributed by atoms with Crippen molar-refractivity contribution in [2.75, 3.05) is 0 Å². The lowest BCUT2D eigenvalue weighted by molar-refractivity contribution is 0.669. The monoisotopic (exact) mass is 400 g/mol. The summed E-state index contributed by atoms with van der Waals surface area (Å²) in [6.07, 6.45) is 1.25. The number of halogens is 2. The molecule has 0 fully saturated rings. The van der Waals surface area contributed by atoms with Gasteiger partial charge in [0.15, 0.2) is 0 Å². The number of fused-ring (bicyclic) bond motifs is 3. The summed E-state index contributed by atoms with van der Waals surface area (Å²) in [5.74, 6) is 0. The third-order valence-electron chi connectivity index (χ3n) is 3.63. The molecule has 0 aliphatic carbocycles. The molecular formula is C21H18BrClO. The van der Waals surface area contributed by atoms with Crippen LogP contribution in [0.15, 0.2) is 69.6 Å². The molecule has 0 saturated carbocycles. The summed E-state index contributed by atoms with van der Waals surface area (Å²) >= 11 is 9.93. The van der Waals surface area contributed by atoms with Gasteiger partial charge in [-0.15, -0.1) is 0 Å². The minimum Gasteiger partial charge on any atom is -0.456 e. The van der Waals surface area contributed by atoms with E-state index in [-0.39, 0.29) is 0 Å². The van der Waals surface area contributed by atoms with Crippen LogP contribution in [0.2, 0.25) is 5.02 Å². The van der Waals surface area contributed by atoms with Crippen LogP contribution in [0.1, 0.15) is 20.3 Å². The largest absolute Gasteiger partial charge is 0.456 e. The third kappa shape index (κ3) is 3.22. The number of hydrogen-bond acceptors (Lipinski definition) is 1. The molecule has 4 rings (SSSR count). The van der Waals surface area contributed by atoms with Gasteiger partial charge in [0.1, 0.15) is 11.2 Å². The highest BCUT2D eigenvalue weighted by atomic mass is 79.9. The minimum atomic E-state index is 0.733. The number of para-hydroxylation sites is 1. The van der Waals surface area contributed by atoms with E-state index < -0.39 is 0 Å². The molecule has 0 atom stereocenters. The molecule has 4 aromatic rings. The van der Waals surface area contributed by atoms with Crippen LogP contribution in [-0.4, -0.2) is 0 Å². The molecule has 122 valence electrons. The normalized spacial score (nSPS) is 10.7. The van der Waals surface area contributed by atoms with Gasteiger partial charge < -0.3 is 4.42 Å². The summed E-state index contributed by atoms with van der Waals surface area (Å²) in [5, 5.41) is 2.96. The Labute approximate surface area is 155 Å². The van der Waals surface area contributed by atoms with Crippen molar-refractivity contribution in [3.05, 3.63) is 70.2 Å². The first kappa shape index (κ1) is 17.1. The Morgan fingerprint density at radius 1 is 0.875 bits per heavy atom. The van der Waals surface area contributed by atoms with Crippen LogP contribution in [0.25, 0.3) is 33.1 Å². The Bertz CT molecular complexity index is 967.